The van der Waals surface area contributed by atoms with Gasteiger partial charge in [0.15, 0.2) is 11.5 Å². The molecule has 1 aromatic carbocycles. The van der Waals surface area contributed by atoms with Gasteiger partial charge in [-0.1, -0.05) is 20.3 Å². The van der Waals surface area contributed by atoms with Crippen LogP contribution in [0.25, 0.3) is 0 Å². The average molecular weight is 408 g/mol. The van der Waals surface area contributed by atoms with Crippen LogP contribution < -0.4 is 0 Å². The van der Waals surface area contributed by atoms with Crippen molar-refractivity contribution >= 4 is 11.9 Å². The molecule has 0 bridgehead atoms. The molecule has 1 aliphatic carbocycles. The molecule has 0 aromatic heterocycles. The Bertz CT molecular complexity index is 743. The van der Waals surface area contributed by atoms with E-state index in [9.17, 15) is 30.0 Å². The number of carboxylic acids is 1. The highest BCUT2D eigenvalue weighted by atomic mass is 16.5. The molecule has 0 unspecified atom stereocenters. The molecular weight excluding hydrogens is 376 g/mol. The van der Waals surface area contributed by atoms with Crippen LogP contribution in [0.3, 0.4) is 0 Å². The van der Waals surface area contributed by atoms with Crippen molar-refractivity contribution in [1.29, 1.82) is 0 Å². The minimum absolute atomic E-state index is 0.0150. The Hall–Kier alpha value is -2.28. The summed E-state index contributed by atoms with van der Waals surface area (Å²) in [4.78, 5) is 22.9. The first-order chi connectivity index (χ1) is 13.7. The Kier molecular flexibility index (Phi) is 7.90. The van der Waals surface area contributed by atoms with E-state index in [4.69, 9.17) is 4.74 Å². The second-order valence-electron chi connectivity index (χ2n) is 8.30. The number of ether oxygens (including phenoxy) is 1. The van der Waals surface area contributed by atoms with Gasteiger partial charge in [0.1, 0.15) is 5.56 Å². The van der Waals surface area contributed by atoms with Crippen LogP contribution in [0, 0.1) is 11.8 Å². The van der Waals surface area contributed by atoms with Gasteiger partial charge in [-0.05, 0) is 61.0 Å². The quantitative estimate of drug-likeness (QED) is 0.362. The van der Waals surface area contributed by atoms with E-state index in [0.717, 1.165) is 32.1 Å². The molecule has 0 spiro atoms. The molecule has 0 radical (unpaired) electrons. The molecule has 4 atom stereocenters. The maximum atomic E-state index is 11.5. The van der Waals surface area contributed by atoms with Crippen molar-refractivity contribution in [2.45, 2.75) is 64.7 Å². The van der Waals surface area contributed by atoms with Crippen molar-refractivity contribution in [3.05, 3.63) is 22.8 Å². The number of fused-ring (bicyclic) bond motifs is 1. The zero-order valence-electron chi connectivity index (χ0n) is 17.4. The summed E-state index contributed by atoms with van der Waals surface area (Å²) in [5.41, 5.74) is 0.976. The van der Waals surface area contributed by atoms with Crippen molar-refractivity contribution in [3.63, 3.8) is 0 Å². The molecule has 1 aromatic rings. The lowest BCUT2D eigenvalue weighted by molar-refractivity contribution is -0.142. The summed E-state index contributed by atoms with van der Waals surface area (Å²) >= 11 is 0. The lowest BCUT2D eigenvalue weighted by atomic mass is 9.70. The van der Waals surface area contributed by atoms with E-state index < -0.39 is 11.7 Å². The third-order valence-corrected chi connectivity index (χ3v) is 6.03. The third-order valence-electron chi connectivity index (χ3n) is 6.03. The summed E-state index contributed by atoms with van der Waals surface area (Å²) in [7, 11) is 0. The highest BCUT2D eigenvalue weighted by molar-refractivity contribution is 5.92. The van der Waals surface area contributed by atoms with Gasteiger partial charge in [0, 0.05) is 19.1 Å². The first-order valence-electron chi connectivity index (χ1n) is 10.2. The Morgan fingerprint density at radius 2 is 1.90 bits per heavy atom. The first kappa shape index (κ1) is 23.0. The van der Waals surface area contributed by atoms with E-state index >= 15 is 0 Å². The van der Waals surface area contributed by atoms with E-state index in [1.54, 1.807) is 0 Å². The number of phenolic OH excluding ortho intramolecular Hbond substituents is 1. The van der Waals surface area contributed by atoms with E-state index in [0.29, 0.717) is 11.1 Å². The van der Waals surface area contributed by atoms with Gasteiger partial charge >= 0.3 is 11.9 Å². The molecule has 1 aliphatic rings. The monoisotopic (exact) mass is 408 g/mol. The summed E-state index contributed by atoms with van der Waals surface area (Å²) < 4.78 is 5.30. The third kappa shape index (κ3) is 5.41. The van der Waals surface area contributed by atoms with Crippen LogP contribution in [0.1, 0.15) is 86.2 Å². The van der Waals surface area contributed by atoms with Gasteiger partial charge in [-0.25, -0.2) is 4.79 Å². The number of benzene rings is 1. The lowest BCUT2D eigenvalue weighted by Crippen LogP contribution is -2.25. The van der Waals surface area contributed by atoms with Crippen molar-refractivity contribution < 1.29 is 34.8 Å². The number of hydrogen-bond donors (Lipinski definition) is 4. The standard InChI is InChI=1S/C22H32O7/c1-12(10-23)5-4-6-15(11-29-14(3)24)16-8-7-13(2)19-17(16)9-18(22(27)28)20(25)21(19)26/h9,12-13,15-16,23,25-26H,4-8,10-11H2,1-3H3,(H,27,28)/t12-,13+,15+,16-/m0/s1. The number of aromatic hydroxyl groups is 2. The largest absolute Gasteiger partial charge is 0.504 e. The second-order valence-corrected chi connectivity index (χ2v) is 8.30. The number of hydrogen-bond acceptors (Lipinski definition) is 6. The molecule has 0 saturated carbocycles. The predicted molar refractivity (Wildman–Crippen MR) is 107 cm³/mol. The molecule has 4 N–H and O–H groups in total. The average Bonchev–Trinajstić information content (AvgIpc) is 2.66. The van der Waals surface area contributed by atoms with Gasteiger partial charge in [-0.3, -0.25) is 4.79 Å². The van der Waals surface area contributed by atoms with Crippen LogP contribution >= 0.6 is 0 Å². The number of aromatic carboxylic acids is 1. The Balaban J connectivity index is 2.40. The second kappa shape index (κ2) is 9.96. The summed E-state index contributed by atoms with van der Waals surface area (Å²) in [5.74, 6) is -2.60. The number of esters is 1. The topological polar surface area (TPSA) is 124 Å². The number of phenols is 2. The molecule has 0 fully saturated rings. The summed E-state index contributed by atoms with van der Waals surface area (Å²) in [6.07, 6.45) is 3.98. The minimum atomic E-state index is -1.30. The van der Waals surface area contributed by atoms with Crippen molar-refractivity contribution in [2.75, 3.05) is 13.2 Å². The van der Waals surface area contributed by atoms with E-state index in [1.807, 2.05) is 13.8 Å². The molecule has 2 rings (SSSR count). The fraction of sp³-hybridized carbons (Fsp3) is 0.636. The van der Waals surface area contributed by atoms with Crippen molar-refractivity contribution in [2.24, 2.45) is 11.8 Å². The molecule has 29 heavy (non-hydrogen) atoms. The molecule has 0 aliphatic heterocycles. The molecule has 0 heterocycles. The molecule has 7 nitrogen and oxygen atoms in total. The summed E-state index contributed by atoms with van der Waals surface area (Å²) in [5, 5.41) is 39.3. The maximum Gasteiger partial charge on any atom is 0.339 e. The molecular formula is C22H32O7. The predicted octanol–water partition coefficient (Wildman–Crippen LogP) is 3.75. The number of aliphatic hydroxyl groups is 1. The van der Waals surface area contributed by atoms with Crippen LogP contribution in [-0.4, -0.2) is 45.6 Å². The van der Waals surface area contributed by atoms with E-state index in [-0.39, 0.29) is 54.2 Å². The van der Waals surface area contributed by atoms with Gasteiger partial charge in [-0.15, -0.1) is 0 Å². The van der Waals surface area contributed by atoms with Gasteiger partial charge < -0.3 is 25.2 Å². The van der Waals surface area contributed by atoms with Crippen LogP contribution in [0.5, 0.6) is 11.5 Å². The zero-order chi connectivity index (χ0) is 21.7. The Morgan fingerprint density at radius 3 is 2.48 bits per heavy atom. The van der Waals surface area contributed by atoms with Crippen LogP contribution in [-0.2, 0) is 9.53 Å². The van der Waals surface area contributed by atoms with E-state index in [1.165, 1.54) is 13.0 Å². The molecule has 0 amide bonds. The van der Waals surface area contributed by atoms with Gasteiger partial charge in [0.2, 0.25) is 0 Å². The lowest BCUT2D eigenvalue weighted by Gasteiger charge is -2.36. The summed E-state index contributed by atoms with van der Waals surface area (Å²) in [6, 6.07) is 1.46. The van der Waals surface area contributed by atoms with E-state index in [2.05, 4.69) is 0 Å². The Morgan fingerprint density at radius 1 is 1.21 bits per heavy atom. The smallest absolute Gasteiger partial charge is 0.339 e. The molecule has 0 saturated heterocycles. The number of carboxylic acid groups (broad SMARTS) is 1. The summed E-state index contributed by atoms with van der Waals surface area (Å²) in [6.45, 7) is 5.60. The minimum Gasteiger partial charge on any atom is -0.504 e. The Labute approximate surface area is 171 Å². The van der Waals surface area contributed by atoms with Gasteiger partial charge in [0.25, 0.3) is 0 Å². The number of aliphatic hydroxyl groups excluding tert-OH is 1. The van der Waals surface area contributed by atoms with Gasteiger partial charge in [-0.2, -0.15) is 0 Å². The highest BCUT2D eigenvalue weighted by Gasteiger charge is 2.35. The maximum absolute atomic E-state index is 11.5. The fourth-order valence-corrected chi connectivity index (χ4v) is 4.35. The van der Waals surface area contributed by atoms with Gasteiger partial charge in [0.05, 0.1) is 6.61 Å². The zero-order valence-corrected chi connectivity index (χ0v) is 17.4. The SMILES string of the molecule is CC(=O)OC[C@@H](CCC[C@H](C)CO)[C@@H]1CC[C@@H](C)c2c1cc(C(=O)O)c(O)c2O. The first-order valence-corrected chi connectivity index (χ1v) is 10.2. The highest BCUT2D eigenvalue weighted by Crippen LogP contribution is 2.50. The fourth-order valence-electron chi connectivity index (χ4n) is 4.35. The number of rotatable bonds is 9. The molecule has 7 heteroatoms. The van der Waals surface area contributed by atoms with Crippen LogP contribution in [0.15, 0.2) is 6.07 Å². The van der Waals surface area contributed by atoms with Crippen molar-refractivity contribution in [1.82, 2.24) is 0 Å². The molecule has 162 valence electrons. The van der Waals surface area contributed by atoms with Crippen LogP contribution in [0.2, 0.25) is 0 Å². The number of carbonyl (C=O) groups is 2. The number of carbonyl (C=O) groups excluding carboxylic acids is 1. The normalized spacial score (nSPS) is 20.6. The van der Waals surface area contributed by atoms with Crippen molar-refractivity contribution in [3.8, 4) is 11.5 Å². The van der Waals surface area contributed by atoms with Crippen LogP contribution in [0.4, 0.5) is 0 Å².